The normalized spacial score (nSPS) is 27.5. The lowest BCUT2D eigenvalue weighted by atomic mass is 10.1. The Morgan fingerprint density at radius 1 is 1.73 bits per heavy atom. The first-order valence-electron chi connectivity index (χ1n) is 3.47. The minimum absolute atomic E-state index is 0.0401. The first-order valence-corrected chi connectivity index (χ1v) is 3.47. The number of hydrogen-bond acceptors (Lipinski definition) is 3. The van der Waals surface area contributed by atoms with Gasteiger partial charge in [0.15, 0.2) is 0 Å². The summed E-state index contributed by atoms with van der Waals surface area (Å²) < 4.78 is 0. The predicted octanol–water partition coefficient (Wildman–Crippen LogP) is 0.861. The van der Waals surface area contributed by atoms with E-state index in [2.05, 4.69) is 15.5 Å². The number of hydrogen-bond donors (Lipinski definition) is 1. The van der Waals surface area contributed by atoms with Crippen molar-refractivity contribution in [2.45, 2.75) is 19.4 Å². The lowest BCUT2D eigenvalue weighted by Gasteiger charge is -2.15. The van der Waals surface area contributed by atoms with Crippen molar-refractivity contribution in [3.8, 4) is 0 Å². The summed E-state index contributed by atoms with van der Waals surface area (Å²) in [7, 11) is 0. The predicted molar refractivity (Wildman–Crippen MR) is 41.1 cm³/mol. The minimum atomic E-state index is -0.328. The molecule has 4 heteroatoms. The quantitative estimate of drug-likeness (QED) is 0.628. The van der Waals surface area contributed by atoms with Crippen LogP contribution in [0.4, 0.5) is 0 Å². The Hall–Kier alpha value is -1.19. The third kappa shape index (κ3) is 2.14. The Morgan fingerprint density at radius 2 is 2.45 bits per heavy atom. The van der Waals surface area contributed by atoms with E-state index in [9.17, 15) is 4.79 Å². The Labute approximate surface area is 65.4 Å². The molecule has 1 aliphatic heterocycles. The molecule has 1 N–H and O–H groups in total. The topological polar surface area (TPSA) is 53.8 Å². The molecule has 1 atom stereocenters. The van der Waals surface area contributed by atoms with Crippen LogP contribution in [0.2, 0.25) is 0 Å². The lowest BCUT2D eigenvalue weighted by Crippen LogP contribution is -2.35. The summed E-state index contributed by atoms with van der Waals surface area (Å²) >= 11 is 0. The van der Waals surface area contributed by atoms with Crippen LogP contribution in [0.1, 0.15) is 13.8 Å². The molecule has 1 unspecified atom stereocenters. The number of amides is 1. The molecule has 1 aliphatic rings. The smallest absolute Gasteiger partial charge is 0.216 e. The SMILES string of the molecule is CC(=O)NCC1(C)C=CN=N1. The Kier molecular flexibility index (Phi) is 2.03. The summed E-state index contributed by atoms with van der Waals surface area (Å²) in [6.45, 7) is 3.91. The molecule has 0 saturated carbocycles. The Morgan fingerprint density at radius 3 is 2.91 bits per heavy atom. The summed E-state index contributed by atoms with van der Waals surface area (Å²) in [6.07, 6.45) is 3.50. The number of nitrogens with zero attached hydrogens (tertiary/aromatic N) is 2. The van der Waals surface area contributed by atoms with Crippen molar-refractivity contribution in [3.05, 3.63) is 12.3 Å². The van der Waals surface area contributed by atoms with E-state index in [-0.39, 0.29) is 11.4 Å². The van der Waals surface area contributed by atoms with Crippen LogP contribution in [0.25, 0.3) is 0 Å². The zero-order valence-corrected chi connectivity index (χ0v) is 6.66. The maximum atomic E-state index is 10.5. The van der Waals surface area contributed by atoms with Crippen LogP contribution in [-0.2, 0) is 4.79 Å². The Balaban J connectivity index is 2.42. The van der Waals surface area contributed by atoms with E-state index in [1.54, 1.807) is 6.20 Å². The fourth-order valence-electron chi connectivity index (χ4n) is 0.790. The maximum Gasteiger partial charge on any atom is 0.216 e. The highest BCUT2D eigenvalue weighted by Gasteiger charge is 2.22. The molecule has 4 nitrogen and oxygen atoms in total. The monoisotopic (exact) mass is 153 g/mol. The molecule has 0 aromatic carbocycles. The van der Waals surface area contributed by atoms with E-state index in [0.29, 0.717) is 6.54 Å². The molecule has 0 aromatic heterocycles. The van der Waals surface area contributed by atoms with E-state index in [1.807, 2.05) is 13.0 Å². The number of rotatable bonds is 2. The summed E-state index contributed by atoms with van der Waals surface area (Å²) in [6, 6.07) is 0. The van der Waals surface area contributed by atoms with Gasteiger partial charge in [0, 0.05) is 19.7 Å². The summed E-state index contributed by atoms with van der Waals surface area (Å²) in [5, 5.41) is 10.3. The van der Waals surface area contributed by atoms with Crippen molar-refractivity contribution in [2.75, 3.05) is 6.54 Å². The van der Waals surface area contributed by atoms with Gasteiger partial charge in [0.25, 0.3) is 0 Å². The van der Waals surface area contributed by atoms with E-state index >= 15 is 0 Å². The molecule has 0 bridgehead atoms. The zero-order valence-electron chi connectivity index (χ0n) is 6.66. The van der Waals surface area contributed by atoms with Crippen LogP contribution in [0.5, 0.6) is 0 Å². The van der Waals surface area contributed by atoms with Gasteiger partial charge in [-0.05, 0) is 13.0 Å². The van der Waals surface area contributed by atoms with Crippen LogP contribution >= 0.6 is 0 Å². The third-order valence-corrected chi connectivity index (χ3v) is 1.48. The molecule has 1 rings (SSSR count). The average Bonchev–Trinajstić information content (AvgIpc) is 2.33. The van der Waals surface area contributed by atoms with Crippen LogP contribution in [0, 0.1) is 0 Å². The maximum absolute atomic E-state index is 10.5. The van der Waals surface area contributed by atoms with E-state index in [0.717, 1.165) is 0 Å². The van der Waals surface area contributed by atoms with Crippen molar-refractivity contribution in [1.82, 2.24) is 5.32 Å². The minimum Gasteiger partial charge on any atom is -0.354 e. The number of nitrogens with one attached hydrogen (secondary N) is 1. The first kappa shape index (κ1) is 7.91. The van der Waals surface area contributed by atoms with Gasteiger partial charge >= 0.3 is 0 Å². The van der Waals surface area contributed by atoms with E-state index in [1.165, 1.54) is 6.92 Å². The molecular weight excluding hydrogens is 142 g/mol. The van der Waals surface area contributed by atoms with Gasteiger partial charge in [0.05, 0.1) is 0 Å². The highest BCUT2D eigenvalue weighted by molar-refractivity contribution is 5.72. The highest BCUT2D eigenvalue weighted by Crippen LogP contribution is 2.16. The van der Waals surface area contributed by atoms with E-state index in [4.69, 9.17) is 0 Å². The van der Waals surface area contributed by atoms with Crippen LogP contribution < -0.4 is 5.32 Å². The van der Waals surface area contributed by atoms with Crippen LogP contribution in [0.15, 0.2) is 22.5 Å². The second-order valence-electron chi connectivity index (χ2n) is 2.80. The van der Waals surface area contributed by atoms with E-state index < -0.39 is 0 Å². The molecule has 0 aromatic rings. The molecule has 1 amide bonds. The van der Waals surface area contributed by atoms with Gasteiger partial charge in [-0.15, -0.1) is 0 Å². The summed E-state index contributed by atoms with van der Waals surface area (Å²) in [4.78, 5) is 10.5. The van der Waals surface area contributed by atoms with Crippen molar-refractivity contribution in [3.63, 3.8) is 0 Å². The molecule has 0 aliphatic carbocycles. The molecule has 0 spiro atoms. The zero-order chi connectivity index (χ0) is 8.32. The molecule has 0 saturated heterocycles. The van der Waals surface area contributed by atoms with Crippen molar-refractivity contribution in [2.24, 2.45) is 10.2 Å². The van der Waals surface area contributed by atoms with Gasteiger partial charge in [0.2, 0.25) is 5.91 Å². The van der Waals surface area contributed by atoms with Crippen molar-refractivity contribution in [1.29, 1.82) is 0 Å². The molecule has 0 fully saturated rings. The average molecular weight is 153 g/mol. The molecular formula is C7H11N3O. The second kappa shape index (κ2) is 2.82. The fraction of sp³-hybridized carbons (Fsp3) is 0.571. The molecule has 60 valence electrons. The van der Waals surface area contributed by atoms with Gasteiger partial charge in [-0.3, -0.25) is 4.79 Å². The van der Waals surface area contributed by atoms with Gasteiger partial charge < -0.3 is 5.32 Å². The van der Waals surface area contributed by atoms with Crippen molar-refractivity contribution < 1.29 is 4.79 Å². The van der Waals surface area contributed by atoms with Crippen LogP contribution in [-0.4, -0.2) is 18.0 Å². The first-order chi connectivity index (χ1) is 5.12. The molecule has 0 radical (unpaired) electrons. The van der Waals surface area contributed by atoms with Gasteiger partial charge in [0.1, 0.15) is 5.54 Å². The standard InChI is InChI=1S/C7H11N3O/c1-6(11)8-5-7(2)3-4-9-10-7/h3-4H,5H2,1-2H3,(H,8,11). The second-order valence-corrected chi connectivity index (χ2v) is 2.80. The number of azo groups is 1. The van der Waals surface area contributed by atoms with Crippen LogP contribution in [0.3, 0.4) is 0 Å². The number of carbonyl (C=O) groups is 1. The highest BCUT2D eigenvalue weighted by atomic mass is 16.1. The molecule has 1 heterocycles. The third-order valence-electron chi connectivity index (χ3n) is 1.48. The Bertz CT molecular complexity index is 208. The summed E-state index contributed by atoms with van der Waals surface area (Å²) in [5.74, 6) is -0.0401. The van der Waals surface area contributed by atoms with Crippen molar-refractivity contribution >= 4 is 5.91 Å². The van der Waals surface area contributed by atoms with Gasteiger partial charge in [-0.25, -0.2) is 0 Å². The van der Waals surface area contributed by atoms with Gasteiger partial charge in [-0.1, -0.05) is 0 Å². The number of carbonyl (C=O) groups excluding carboxylic acids is 1. The lowest BCUT2D eigenvalue weighted by molar-refractivity contribution is -0.119. The largest absolute Gasteiger partial charge is 0.354 e. The fourth-order valence-corrected chi connectivity index (χ4v) is 0.790. The summed E-state index contributed by atoms with van der Waals surface area (Å²) in [5.41, 5.74) is -0.328. The molecule has 11 heavy (non-hydrogen) atoms. The van der Waals surface area contributed by atoms with Gasteiger partial charge in [-0.2, -0.15) is 10.2 Å².